The smallest absolute Gasteiger partial charge is 0.203 e. The molecule has 0 aliphatic heterocycles. The molecule has 1 heterocycles. The van der Waals surface area contributed by atoms with Crippen LogP contribution in [0.5, 0.6) is 11.5 Å². The highest BCUT2D eigenvalue weighted by atomic mass is 79.9. The minimum Gasteiger partial charge on any atom is -0.503 e. The van der Waals surface area contributed by atoms with Crippen molar-refractivity contribution < 1.29 is 9.84 Å². The van der Waals surface area contributed by atoms with E-state index in [0.29, 0.717) is 15.4 Å². The summed E-state index contributed by atoms with van der Waals surface area (Å²) in [5, 5.41) is 16.7. The van der Waals surface area contributed by atoms with Gasteiger partial charge < -0.3 is 9.84 Å². The van der Waals surface area contributed by atoms with Crippen molar-refractivity contribution in [2.45, 2.75) is 0 Å². The van der Waals surface area contributed by atoms with Gasteiger partial charge in [-0.05, 0) is 33.6 Å². The van der Waals surface area contributed by atoms with Gasteiger partial charge in [0, 0.05) is 10.9 Å². The van der Waals surface area contributed by atoms with Crippen LogP contribution in [0.1, 0.15) is 5.56 Å². The first-order valence-corrected chi connectivity index (χ1v) is 8.71. The summed E-state index contributed by atoms with van der Waals surface area (Å²) in [4.78, 5) is 4.50. The maximum absolute atomic E-state index is 9.80. The second kappa shape index (κ2) is 7.46. The van der Waals surface area contributed by atoms with Crippen LogP contribution in [-0.2, 0) is 0 Å². The first kappa shape index (κ1) is 16.5. The molecule has 122 valence electrons. The van der Waals surface area contributed by atoms with E-state index < -0.39 is 0 Å². The number of halogens is 1. The number of rotatable bonds is 5. The number of nitrogens with zero attached hydrogens (tertiary/aromatic N) is 2. The molecule has 0 bridgehead atoms. The third kappa shape index (κ3) is 3.74. The molecule has 0 amide bonds. The molecule has 0 fully saturated rings. The fourth-order valence-corrected chi connectivity index (χ4v) is 3.18. The van der Waals surface area contributed by atoms with Gasteiger partial charge in [-0.3, -0.25) is 5.43 Å². The zero-order chi connectivity index (χ0) is 16.9. The molecule has 1 aromatic heterocycles. The molecule has 7 heteroatoms. The number of aromatic hydroxyl groups is 1. The molecule has 0 unspecified atom stereocenters. The molecule has 0 aliphatic carbocycles. The Labute approximate surface area is 151 Å². The van der Waals surface area contributed by atoms with Crippen LogP contribution in [0.2, 0.25) is 0 Å². The Balaban J connectivity index is 1.71. The summed E-state index contributed by atoms with van der Waals surface area (Å²) in [5.74, 6) is 0.446. The van der Waals surface area contributed by atoms with Crippen molar-refractivity contribution in [3.8, 4) is 22.8 Å². The molecule has 3 rings (SSSR count). The summed E-state index contributed by atoms with van der Waals surface area (Å²) in [5.41, 5.74) is 5.67. The highest BCUT2D eigenvalue weighted by Crippen LogP contribution is 2.34. The van der Waals surface area contributed by atoms with Gasteiger partial charge in [-0.15, -0.1) is 11.3 Å². The maximum Gasteiger partial charge on any atom is 0.203 e. The van der Waals surface area contributed by atoms with E-state index in [1.54, 1.807) is 18.3 Å². The number of hydrogen-bond donors (Lipinski definition) is 2. The predicted molar refractivity (Wildman–Crippen MR) is 101 cm³/mol. The number of benzene rings is 2. The van der Waals surface area contributed by atoms with Crippen LogP contribution in [0.4, 0.5) is 5.13 Å². The quantitative estimate of drug-likeness (QED) is 0.477. The van der Waals surface area contributed by atoms with E-state index in [0.717, 1.165) is 16.8 Å². The molecule has 0 saturated carbocycles. The zero-order valence-electron chi connectivity index (χ0n) is 12.7. The lowest BCUT2D eigenvalue weighted by Gasteiger charge is -2.06. The number of phenols is 1. The lowest BCUT2D eigenvalue weighted by molar-refractivity contribution is 0.372. The summed E-state index contributed by atoms with van der Waals surface area (Å²) >= 11 is 4.76. The van der Waals surface area contributed by atoms with E-state index in [1.165, 1.54) is 18.4 Å². The lowest BCUT2D eigenvalue weighted by Crippen LogP contribution is -1.92. The Morgan fingerprint density at radius 3 is 2.83 bits per heavy atom. The summed E-state index contributed by atoms with van der Waals surface area (Å²) < 4.78 is 5.66. The van der Waals surface area contributed by atoms with Crippen molar-refractivity contribution in [2.24, 2.45) is 5.10 Å². The van der Waals surface area contributed by atoms with E-state index in [-0.39, 0.29) is 5.75 Å². The number of aromatic nitrogens is 1. The van der Waals surface area contributed by atoms with Crippen molar-refractivity contribution in [1.29, 1.82) is 0 Å². The van der Waals surface area contributed by atoms with Gasteiger partial charge in [-0.2, -0.15) is 5.10 Å². The molecule has 2 N–H and O–H groups in total. The van der Waals surface area contributed by atoms with Crippen molar-refractivity contribution in [1.82, 2.24) is 4.98 Å². The Hall–Kier alpha value is -2.38. The van der Waals surface area contributed by atoms with Gasteiger partial charge in [0.15, 0.2) is 11.5 Å². The van der Waals surface area contributed by atoms with Gasteiger partial charge in [0.05, 0.1) is 23.5 Å². The van der Waals surface area contributed by atoms with Crippen molar-refractivity contribution in [3.05, 3.63) is 57.9 Å². The average molecular weight is 404 g/mol. The van der Waals surface area contributed by atoms with Gasteiger partial charge in [-0.25, -0.2) is 4.98 Å². The van der Waals surface area contributed by atoms with Crippen molar-refractivity contribution in [3.63, 3.8) is 0 Å². The van der Waals surface area contributed by atoms with Crippen LogP contribution in [0.3, 0.4) is 0 Å². The molecule has 5 nitrogen and oxygen atoms in total. The number of nitrogens with one attached hydrogen (secondary N) is 1. The molecular weight excluding hydrogens is 390 g/mol. The molecule has 24 heavy (non-hydrogen) atoms. The van der Waals surface area contributed by atoms with E-state index in [9.17, 15) is 5.11 Å². The summed E-state index contributed by atoms with van der Waals surface area (Å²) in [6, 6.07) is 13.4. The maximum atomic E-state index is 9.80. The lowest BCUT2D eigenvalue weighted by atomic mass is 10.2. The van der Waals surface area contributed by atoms with Gasteiger partial charge >= 0.3 is 0 Å². The third-order valence-electron chi connectivity index (χ3n) is 3.22. The standard InChI is InChI=1S/C17H14BrN3O2S/c1-23-15-8-11(7-13(18)16(15)22)9-19-21-17-20-14(10-24-17)12-5-3-2-4-6-12/h2-10,22H,1H3,(H,20,21)/b19-9-. The number of hydrogen-bond acceptors (Lipinski definition) is 6. The molecule has 2 aromatic carbocycles. The highest BCUT2D eigenvalue weighted by Gasteiger charge is 2.07. The monoisotopic (exact) mass is 403 g/mol. The number of phenolic OH excluding ortho intramolecular Hbond substituents is 1. The fraction of sp³-hybridized carbons (Fsp3) is 0.0588. The molecule has 0 saturated heterocycles. The highest BCUT2D eigenvalue weighted by molar-refractivity contribution is 9.10. The largest absolute Gasteiger partial charge is 0.503 e. The van der Waals surface area contributed by atoms with Gasteiger partial charge in [0.25, 0.3) is 0 Å². The topological polar surface area (TPSA) is 66.7 Å². The first-order chi connectivity index (χ1) is 11.7. The van der Waals surface area contributed by atoms with Crippen LogP contribution < -0.4 is 10.2 Å². The van der Waals surface area contributed by atoms with Crippen LogP contribution in [0.15, 0.2) is 57.4 Å². The number of ether oxygens (including phenoxy) is 1. The number of methoxy groups -OCH3 is 1. The number of anilines is 1. The Morgan fingerprint density at radius 1 is 1.29 bits per heavy atom. The van der Waals surface area contributed by atoms with Gasteiger partial charge in [0.1, 0.15) is 0 Å². The fourth-order valence-electron chi connectivity index (χ4n) is 2.05. The Kier molecular flexibility index (Phi) is 5.12. The van der Waals surface area contributed by atoms with E-state index >= 15 is 0 Å². The molecule has 3 aromatic rings. The minimum absolute atomic E-state index is 0.0648. The second-order valence-corrected chi connectivity index (χ2v) is 6.54. The third-order valence-corrected chi connectivity index (χ3v) is 4.57. The van der Waals surface area contributed by atoms with Crippen molar-refractivity contribution >= 4 is 38.6 Å². The van der Waals surface area contributed by atoms with Gasteiger partial charge in [0.2, 0.25) is 5.13 Å². The molecule has 0 aliphatic rings. The normalized spacial score (nSPS) is 10.9. The van der Waals surface area contributed by atoms with Gasteiger partial charge in [-0.1, -0.05) is 30.3 Å². The SMILES string of the molecule is COc1cc(/C=N\Nc2nc(-c3ccccc3)cs2)cc(Br)c1O. The minimum atomic E-state index is 0.0648. The van der Waals surface area contributed by atoms with Crippen molar-refractivity contribution in [2.75, 3.05) is 12.5 Å². The molecule has 0 atom stereocenters. The van der Waals surface area contributed by atoms with E-state index in [1.807, 2.05) is 35.7 Å². The van der Waals surface area contributed by atoms with Crippen LogP contribution >= 0.6 is 27.3 Å². The van der Waals surface area contributed by atoms with Crippen LogP contribution in [0, 0.1) is 0 Å². The summed E-state index contributed by atoms with van der Waals surface area (Å²) in [7, 11) is 1.50. The predicted octanol–water partition coefficient (Wildman–Crippen LogP) is 4.73. The Morgan fingerprint density at radius 2 is 2.08 bits per heavy atom. The summed E-state index contributed by atoms with van der Waals surface area (Å²) in [6.07, 6.45) is 1.64. The molecule has 0 radical (unpaired) electrons. The molecular formula is C17H14BrN3O2S. The second-order valence-electron chi connectivity index (χ2n) is 4.83. The summed E-state index contributed by atoms with van der Waals surface area (Å²) in [6.45, 7) is 0. The number of thiazole rings is 1. The zero-order valence-corrected chi connectivity index (χ0v) is 15.1. The van der Waals surface area contributed by atoms with Crippen LogP contribution in [-0.4, -0.2) is 23.4 Å². The molecule has 0 spiro atoms. The number of hydrazone groups is 1. The first-order valence-electron chi connectivity index (χ1n) is 7.04. The van der Waals surface area contributed by atoms with E-state index in [4.69, 9.17) is 4.74 Å². The Bertz CT molecular complexity index is 866. The average Bonchev–Trinajstić information content (AvgIpc) is 3.07. The van der Waals surface area contributed by atoms with E-state index in [2.05, 4.69) is 31.4 Å². The van der Waals surface area contributed by atoms with Crippen LogP contribution in [0.25, 0.3) is 11.3 Å².